The van der Waals surface area contributed by atoms with E-state index in [9.17, 15) is 18.0 Å². The predicted octanol–water partition coefficient (Wildman–Crippen LogP) is 1.86. The predicted molar refractivity (Wildman–Crippen MR) is 85.5 cm³/mol. The standard InChI is InChI=1S/C17H22F3N3O2/c1-25-10-16(9-21-11-22-16)5-4-15(24)23-7-12-2-3-14(17(18,19)20)6-13(12)8-23/h2-3,6,21-22H,4-5,7-11H2,1H3/t16-/m0/s1. The van der Waals surface area contributed by atoms with Gasteiger partial charge in [-0.25, -0.2) is 0 Å². The van der Waals surface area contributed by atoms with Crippen molar-refractivity contribution in [2.24, 2.45) is 0 Å². The first kappa shape index (κ1) is 18.2. The largest absolute Gasteiger partial charge is 0.416 e. The molecular formula is C17H22F3N3O2. The van der Waals surface area contributed by atoms with E-state index < -0.39 is 11.7 Å². The van der Waals surface area contributed by atoms with Crippen molar-refractivity contribution in [2.45, 2.75) is 37.6 Å². The number of carbonyl (C=O) groups excluding carboxylic acids is 1. The second-order valence-electron chi connectivity index (χ2n) is 6.72. The van der Waals surface area contributed by atoms with Crippen molar-refractivity contribution < 1.29 is 22.7 Å². The van der Waals surface area contributed by atoms with Crippen molar-refractivity contribution in [3.05, 3.63) is 34.9 Å². The normalized spacial score (nSPS) is 23.1. The summed E-state index contributed by atoms with van der Waals surface area (Å²) in [5.74, 6) is -0.0473. The van der Waals surface area contributed by atoms with Gasteiger partial charge >= 0.3 is 6.18 Å². The molecule has 8 heteroatoms. The second kappa shape index (κ2) is 6.93. The zero-order chi connectivity index (χ0) is 18.1. The molecule has 0 aromatic heterocycles. The van der Waals surface area contributed by atoms with Crippen molar-refractivity contribution in [3.8, 4) is 0 Å². The van der Waals surface area contributed by atoms with Crippen LogP contribution in [-0.4, -0.2) is 43.3 Å². The van der Waals surface area contributed by atoms with Crippen LogP contribution in [0.15, 0.2) is 18.2 Å². The van der Waals surface area contributed by atoms with Crippen molar-refractivity contribution >= 4 is 5.91 Å². The number of benzene rings is 1. The Labute approximate surface area is 144 Å². The van der Waals surface area contributed by atoms with E-state index in [0.717, 1.165) is 24.2 Å². The summed E-state index contributed by atoms with van der Waals surface area (Å²) in [6.07, 6.45) is -3.41. The number of hydrogen-bond acceptors (Lipinski definition) is 4. The van der Waals surface area contributed by atoms with Crippen LogP contribution < -0.4 is 10.6 Å². The van der Waals surface area contributed by atoms with Crippen molar-refractivity contribution in [1.29, 1.82) is 0 Å². The molecule has 0 unspecified atom stereocenters. The molecule has 0 radical (unpaired) electrons. The highest BCUT2D eigenvalue weighted by molar-refractivity contribution is 5.77. The first-order valence-electron chi connectivity index (χ1n) is 8.24. The van der Waals surface area contributed by atoms with Crippen LogP contribution in [0.1, 0.15) is 29.5 Å². The van der Waals surface area contributed by atoms with Gasteiger partial charge in [-0.05, 0) is 29.7 Å². The maximum absolute atomic E-state index is 12.8. The number of halogens is 3. The number of nitrogens with one attached hydrogen (secondary N) is 2. The summed E-state index contributed by atoms with van der Waals surface area (Å²) in [6.45, 7) is 2.51. The van der Waals surface area contributed by atoms with Crippen molar-refractivity contribution in [2.75, 3.05) is 26.9 Å². The molecule has 1 fully saturated rings. The summed E-state index contributed by atoms with van der Waals surface area (Å²) in [7, 11) is 1.62. The Balaban J connectivity index is 1.61. The summed E-state index contributed by atoms with van der Waals surface area (Å²) in [4.78, 5) is 14.1. The van der Waals surface area contributed by atoms with E-state index in [4.69, 9.17) is 4.74 Å². The molecule has 3 rings (SSSR count). The van der Waals surface area contributed by atoms with Crippen molar-refractivity contribution in [1.82, 2.24) is 15.5 Å². The van der Waals surface area contributed by atoms with Crippen LogP contribution in [0, 0.1) is 0 Å². The van der Waals surface area contributed by atoms with Crippen LogP contribution in [0.3, 0.4) is 0 Å². The summed E-state index contributed by atoms with van der Waals surface area (Å²) in [5, 5.41) is 6.53. The summed E-state index contributed by atoms with van der Waals surface area (Å²) in [6, 6.07) is 3.70. The number of methoxy groups -OCH3 is 1. The number of nitrogens with zero attached hydrogens (tertiary/aromatic N) is 1. The lowest BCUT2D eigenvalue weighted by atomic mass is 9.95. The highest BCUT2D eigenvalue weighted by Gasteiger charge is 2.36. The molecule has 2 aliphatic rings. The molecule has 5 nitrogen and oxygen atoms in total. The zero-order valence-electron chi connectivity index (χ0n) is 14.1. The third-order valence-corrected chi connectivity index (χ3v) is 4.90. The lowest BCUT2D eigenvalue weighted by Crippen LogP contribution is -2.47. The fourth-order valence-corrected chi connectivity index (χ4v) is 3.49. The highest BCUT2D eigenvalue weighted by atomic mass is 19.4. The second-order valence-corrected chi connectivity index (χ2v) is 6.72. The van der Waals surface area contributed by atoms with Crippen LogP contribution in [0.5, 0.6) is 0 Å². The number of fused-ring (bicyclic) bond motifs is 1. The molecule has 0 spiro atoms. The van der Waals surface area contributed by atoms with Gasteiger partial charge in [0.2, 0.25) is 5.91 Å². The topological polar surface area (TPSA) is 53.6 Å². The van der Waals surface area contributed by atoms with Crippen LogP contribution in [0.25, 0.3) is 0 Å². The number of ether oxygens (including phenoxy) is 1. The molecule has 2 N–H and O–H groups in total. The molecule has 1 saturated heterocycles. The van der Waals surface area contributed by atoms with E-state index in [1.807, 2.05) is 0 Å². The molecule has 0 aliphatic carbocycles. The Hall–Kier alpha value is -1.64. The lowest BCUT2D eigenvalue weighted by molar-refractivity contribution is -0.137. The number of carbonyl (C=O) groups is 1. The van der Waals surface area contributed by atoms with Gasteiger partial charge in [-0.3, -0.25) is 10.1 Å². The molecule has 138 valence electrons. The first-order chi connectivity index (χ1) is 11.8. The van der Waals surface area contributed by atoms with Crippen LogP contribution >= 0.6 is 0 Å². The lowest BCUT2D eigenvalue weighted by Gasteiger charge is -2.28. The van der Waals surface area contributed by atoms with Crippen LogP contribution in [0.4, 0.5) is 13.2 Å². The minimum atomic E-state index is -4.36. The first-order valence-corrected chi connectivity index (χ1v) is 8.24. The summed E-state index contributed by atoms with van der Waals surface area (Å²) >= 11 is 0. The van der Waals surface area contributed by atoms with Gasteiger partial charge in [0.1, 0.15) is 0 Å². The molecule has 1 amide bonds. The van der Waals surface area contributed by atoms with Gasteiger partial charge in [-0.1, -0.05) is 6.07 Å². The maximum atomic E-state index is 12.8. The van der Waals surface area contributed by atoms with Gasteiger partial charge in [-0.2, -0.15) is 13.2 Å². The monoisotopic (exact) mass is 357 g/mol. The maximum Gasteiger partial charge on any atom is 0.416 e. The third-order valence-electron chi connectivity index (χ3n) is 4.90. The zero-order valence-corrected chi connectivity index (χ0v) is 14.1. The SMILES string of the molecule is COC[C@]1(CCC(=O)N2Cc3ccc(C(F)(F)F)cc3C2)CNCN1. The fourth-order valence-electron chi connectivity index (χ4n) is 3.49. The molecule has 1 aromatic carbocycles. The fraction of sp³-hybridized carbons (Fsp3) is 0.588. The van der Waals surface area contributed by atoms with E-state index in [1.54, 1.807) is 12.0 Å². The molecule has 0 bridgehead atoms. The van der Waals surface area contributed by atoms with Crippen LogP contribution in [-0.2, 0) is 28.8 Å². The third kappa shape index (κ3) is 3.96. The molecule has 2 heterocycles. The van der Waals surface area contributed by atoms with E-state index in [-0.39, 0.29) is 18.0 Å². The Morgan fingerprint density at radius 1 is 1.32 bits per heavy atom. The smallest absolute Gasteiger partial charge is 0.383 e. The van der Waals surface area contributed by atoms with Gasteiger partial charge in [0.15, 0.2) is 0 Å². The quantitative estimate of drug-likeness (QED) is 0.845. The Morgan fingerprint density at radius 2 is 2.08 bits per heavy atom. The Bertz CT molecular complexity index is 643. The van der Waals surface area contributed by atoms with Gasteiger partial charge in [-0.15, -0.1) is 0 Å². The molecule has 2 aliphatic heterocycles. The number of alkyl halides is 3. The number of amides is 1. The van der Waals surface area contributed by atoms with Gasteiger partial charge in [0.25, 0.3) is 0 Å². The van der Waals surface area contributed by atoms with Gasteiger partial charge in [0, 0.05) is 39.8 Å². The number of hydrogen-bond donors (Lipinski definition) is 2. The van der Waals surface area contributed by atoms with Crippen molar-refractivity contribution in [3.63, 3.8) is 0 Å². The Morgan fingerprint density at radius 3 is 2.72 bits per heavy atom. The van der Waals surface area contributed by atoms with Gasteiger partial charge in [0.05, 0.1) is 17.7 Å². The summed E-state index contributed by atoms with van der Waals surface area (Å²) < 4.78 is 43.7. The van der Waals surface area contributed by atoms with E-state index >= 15 is 0 Å². The van der Waals surface area contributed by atoms with E-state index in [0.29, 0.717) is 38.2 Å². The van der Waals surface area contributed by atoms with E-state index in [1.165, 1.54) is 6.07 Å². The molecule has 1 atom stereocenters. The van der Waals surface area contributed by atoms with Crippen LogP contribution in [0.2, 0.25) is 0 Å². The average Bonchev–Trinajstić information content (AvgIpc) is 3.18. The highest BCUT2D eigenvalue weighted by Crippen LogP contribution is 2.33. The molecule has 25 heavy (non-hydrogen) atoms. The molecule has 0 saturated carbocycles. The average molecular weight is 357 g/mol. The molecular weight excluding hydrogens is 335 g/mol. The Kier molecular flexibility index (Phi) is 5.04. The van der Waals surface area contributed by atoms with Gasteiger partial charge < -0.3 is 15.0 Å². The minimum absolute atomic E-state index is 0.0473. The minimum Gasteiger partial charge on any atom is -0.383 e. The summed E-state index contributed by atoms with van der Waals surface area (Å²) in [5.41, 5.74) is 0.436. The van der Waals surface area contributed by atoms with E-state index in [2.05, 4.69) is 10.6 Å². The number of rotatable bonds is 5. The molecule has 1 aromatic rings.